The van der Waals surface area contributed by atoms with Crippen molar-refractivity contribution in [1.29, 1.82) is 0 Å². The average molecular weight is 321 g/mol. The van der Waals surface area contributed by atoms with Gasteiger partial charge in [0.15, 0.2) is 0 Å². The third-order valence-corrected chi connectivity index (χ3v) is 5.50. The maximum absolute atomic E-state index is 6.22. The van der Waals surface area contributed by atoms with Crippen molar-refractivity contribution in [3.05, 3.63) is 56.7 Å². The van der Waals surface area contributed by atoms with Crippen LogP contribution in [0.25, 0.3) is 0 Å². The summed E-state index contributed by atoms with van der Waals surface area (Å²) in [5.41, 5.74) is 1.30. The molecule has 1 fully saturated rings. The van der Waals surface area contributed by atoms with Gasteiger partial charge in [-0.2, -0.15) is 0 Å². The molecule has 1 aromatic heterocycles. The number of benzene rings is 1. The third kappa shape index (κ3) is 3.49. The molecule has 2 heterocycles. The molecule has 2 aromatic rings. The Bertz CT molecular complexity index is 590. The first-order chi connectivity index (χ1) is 10.3. The minimum Gasteiger partial charge on any atom is -0.314 e. The Kier molecular flexibility index (Phi) is 4.96. The number of halogens is 1. The van der Waals surface area contributed by atoms with Gasteiger partial charge in [0.2, 0.25) is 0 Å². The Balaban J connectivity index is 1.97. The minimum absolute atomic E-state index is 0.330. The summed E-state index contributed by atoms with van der Waals surface area (Å²) in [6.07, 6.45) is 1.11. The van der Waals surface area contributed by atoms with E-state index in [1.54, 1.807) is 0 Å². The van der Waals surface area contributed by atoms with Gasteiger partial charge in [0.05, 0.1) is 6.04 Å². The first-order valence-electron chi connectivity index (χ1n) is 7.57. The van der Waals surface area contributed by atoms with E-state index in [2.05, 4.69) is 47.5 Å². The van der Waals surface area contributed by atoms with E-state index in [0.717, 1.165) is 37.6 Å². The summed E-state index contributed by atoms with van der Waals surface area (Å²) in [7, 11) is 0. The van der Waals surface area contributed by atoms with E-state index in [4.69, 9.17) is 11.6 Å². The Morgan fingerprint density at radius 3 is 2.71 bits per heavy atom. The Morgan fingerprint density at radius 1 is 1.24 bits per heavy atom. The molecule has 4 heteroatoms. The van der Waals surface area contributed by atoms with Crippen LogP contribution in [-0.2, 0) is 6.42 Å². The first kappa shape index (κ1) is 15.0. The topological polar surface area (TPSA) is 15.3 Å². The predicted molar refractivity (Wildman–Crippen MR) is 91.4 cm³/mol. The van der Waals surface area contributed by atoms with Crippen molar-refractivity contribution in [3.63, 3.8) is 0 Å². The highest BCUT2D eigenvalue weighted by Gasteiger charge is 2.25. The molecule has 3 rings (SSSR count). The number of nitrogens with zero attached hydrogens (tertiary/aromatic N) is 1. The average Bonchev–Trinajstić information content (AvgIpc) is 2.97. The molecule has 1 unspecified atom stereocenters. The zero-order chi connectivity index (χ0) is 14.7. The number of hydrogen-bond acceptors (Lipinski definition) is 3. The smallest absolute Gasteiger partial charge is 0.0697 e. The van der Waals surface area contributed by atoms with Crippen molar-refractivity contribution in [3.8, 4) is 0 Å². The van der Waals surface area contributed by atoms with Crippen molar-refractivity contribution < 1.29 is 0 Å². The van der Waals surface area contributed by atoms with Crippen LogP contribution in [0.4, 0.5) is 0 Å². The highest BCUT2D eigenvalue weighted by molar-refractivity contribution is 7.12. The van der Waals surface area contributed by atoms with E-state index in [-0.39, 0.29) is 0 Å². The normalized spacial score (nSPS) is 17.8. The van der Waals surface area contributed by atoms with Crippen LogP contribution < -0.4 is 5.32 Å². The Morgan fingerprint density at radius 2 is 2.05 bits per heavy atom. The zero-order valence-corrected chi connectivity index (χ0v) is 13.9. The summed E-state index contributed by atoms with van der Waals surface area (Å²) in [5, 5.41) is 4.26. The van der Waals surface area contributed by atoms with E-state index in [9.17, 15) is 0 Å². The summed E-state index contributed by atoms with van der Waals surface area (Å²) in [6, 6.07) is 13.2. The lowest BCUT2D eigenvalue weighted by molar-refractivity contribution is 0.200. The molecular formula is C17H21ClN2S. The number of aryl methyl sites for hydroxylation is 1. The lowest BCUT2D eigenvalue weighted by atomic mass is 10.0. The molecule has 0 radical (unpaired) electrons. The van der Waals surface area contributed by atoms with Gasteiger partial charge in [-0.3, -0.25) is 4.90 Å². The quantitative estimate of drug-likeness (QED) is 0.917. The number of rotatable bonds is 4. The van der Waals surface area contributed by atoms with Gasteiger partial charge < -0.3 is 5.32 Å². The number of piperazine rings is 1. The second kappa shape index (κ2) is 6.93. The fourth-order valence-electron chi connectivity index (χ4n) is 2.90. The molecule has 112 valence electrons. The van der Waals surface area contributed by atoms with Gasteiger partial charge >= 0.3 is 0 Å². The second-order valence-electron chi connectivity index (χ2n) is 5.40. The first-order valence-corrected chi connectivity index (χ1v) is 8.76. The van der Waals surface area contributed by atoms with E-state index in [0.29, 0.717) is 6.04 Å². The second-order valence-corrected chi connectivity index (χ2v) is 7.04. The maximum atomic E-state index is 6.22. The molecule has 1 atom stereocenters. The van der Waals surface area contributed by atoms with Crippen molar-refractivity contribution in [2.75, 3.05) is 26.2 Å². The molecule has 1 N–H and O–H groups in total. The molecule has 1 saturated heterocycles. The SMILES string of the molecule is CCc1ccc(C(c2cccc(Cl)c2)N2CCNCC2)s1. The third-order valence-electron chi connectivity index (χ3n) is 3.98. The van der Waals surface area contributed by atoms with Crippen LogP contribution in [0.2, 0.25) is 5.02 Å². The molecule has 0 bridgehead atoms. The molecule has 1 aliphatic rings. The van der Waals surface area contributed by atoms with Gasteiger partial charge in [-0.25, -0.2) is 0 Å². The lowest BCUT2D eigenvalue weighted by Gasteiger charge is -2.34. The summed E-state index contributed by atoms with van der Waals surface area (Å²) < 4.78 is 0. The Hall–Kier alpha value is -0.870. The highest BCUT2D eigenvalue weighted by atomic mass is 35.5. The summed E-state index contributed by atoms with van der Waals surface area (Å²) in [5.74, 6) is 0. The summed E-state index contributed by atoms with van der Waals surface area (Å²) in [4.78, 5) is 5.44. The molecule has 1 aromatic carbocycles. The van der Waals surface area contributed by atoms with Crippen molar-refractivity contribution in [2.45, 2.75) is 19.4 Å². The van der Waals surface area contributed by atoms with Gasteiger partial charge in [-0.1, -0.05) is 30.7 Å². The van der Waals surface area contributed by atoms with Gasteiger partial charge in [-0.15, -0.1) is 11.3 Å². The van der Waals surface area contributed by atoms with Crippen LogP contribution in [0.5, 0.6) is 0 Å². The maximum Gasteiger partial charge on any atom is 0.0697 e. The molecule has 0 amide bonds. The summed E-state index contributed by atoms with van der Waals surface area (Å²) in [6.45, 7) is 6.49. The van der Waals surface area contributed by atoms with Crippen LogP contribution in [0.15, 0.2) is 36.4 Å². The van der Waals surface area contributed by atoms with Crippen LogP contribution in [0.1, 0.15) is 28.3 Å². The van der Waals surface area contributed by atoms with Crippen LogP contribution in [-0.4, -0.2) is 31.1 Å². The van der Waals surface area contributed by atoms with E-state index < -0.39 is 0 Å². The Labute approximate surface area is 135 Å². The van der Waals surface area contributed by atoms with Gasteiger partial charge in [0, 0.05) is 41.0 Å². The van der Waals surface area contributed by atoms with Crippen LogP contribution in [0, 0.1) is 0 Å². The molecular weight excluding hydrogens is 300 g/mol. The zero-order valence-electron chi connectivity index (χ0n) is 12.3. The lowest BCUT2D eigenvalue weighted by Crippen LogP contribution is -2.45. The van der Waals surface area contributed by atoms with E-state index in [1.807, 2.05) is 17.4 Å². The highest BCUT2D eigenvalue weighted by Crippen LogP contribution is 2.34. The van der Waals surface area contributed by atoms with Gasteiger partial charge in [0.25, 0.3) is 0 Å². The monoisotopic (exact) mass is 320 g/mol. The molecule has 0 aliphatic carbocycles. The molecule has 0 spiro atoms. The minimum atomic E-state index is 0.330. The number of nitrogens with one attached hydrogen (secondary N) is 1. The van der Waals surface area contributed by atoms with Gasteiger partial charge in [-0.05, 0) is 36.2 Å². The number of hydrogen-bond donors (Lipinski definition) is 1. The molecule has 0 saturated carbocycles. The largest absolute Gasteiger partial charge is 0.314 e. The summed E-state index contributed by atoms with van der Waals surface area (Å²) >= 11 is 8.15. The van der Waals surface area contributed by atoms with Crippen molar-refractivity contribution in [1.82, 2.24) is 10.2 Å². The molecule has 2 nitrogen and oxygen atoms in total. The van der Waals surface area contributed by atoms with Gasteiger partial charge in [0.1, 0.15) is 0 Å². The predicted octanol–water partition coefficient (Wildman–Crippen LogP) is 3.96. The van der Waals surface area contributed by atoms with Crippen LogP contribution >= 0.6 is 22.9 Å². The fraction of sp³-hybridized carbons (Fsp3) is 0.412. The standard InChI is InChI=1S/C17H21ClN2S/c1-2-15-6-7-16(21-15)17(20-10-8-19-9-11-20)13-4-3-5-14(18)12-13/h3-7,12,17,19H,2,8-11H2,1H3. The number of thiophene rings is 1. The van der Waals surface area contributed by atoms with Crippen LogP contribution in [0.3, 0.4) is 0 Å². The molecule has 1 aliphatic heterocycles. The van der Waals surface area contributed by atoms with Crippen molar-refractivity contribution in [2.24, 2.45) is 0 Å². The molecule has 21 heavy (non-hydrogen) atoms. The van der Waals surface area contributed by atoms with Crippen molar-refractivity contribution >= 4 is 22.9 Å². The fourth-order valence-corrected chi connectivity index (χ4v) is 4.22. The van der Waals surface area contributed by atoms with E-state index >= 15 is 0 Å². The van der Waals surface area contributed by atoms with E-state index in [1.165, 1.54) is 15.3 Å².